The number of rotatable bonds is 2. The smallest absolute Gasteiger partial charge is 0.308 e. The van der Waals surface area contributed by atoms with Gasteiger partial charge in [0.05, 0.1) is 0 Å². The average molecular weight is 227 g/mol. The first-order chi connectivity index (χ1) is 8.16. The number of hydrogen-bond acceptors (Lipinski definition) is 3. The lowest BCUT2D eigenvalue weighted by atomic mass is 10.0. The van der Waals surface area contributed by atoms with Gasteiger partial charge in [-0.25, -0.2) is 0 Å². The molecule has 0 heterocycles. The highest BCUT2D eigenvalue weighted by Gasteiger charge is 2.08. The minimum Gasteiger partial charge on any atom is -0.426 e. The number of nitrogens with two attached hydrogens (primary N) is 1. The summed E-state index contributed by atoms with van der Waals surface area (Å²) in [4.78, 5) is 11.0. The van der Waals surface area contributed by atoms with Crippen LogP contribution in [0.4, 0.5) is 5.69 Å². The molecule has 2 rings (SSSR count). The van der Waals surface area contributed by atoms with Crippen molar-refractivity contribution in [2.45, 2.75) is 6.92 Å². The van der Waals surface area contributed by atoms with Crippen molar-refractivity contribution in [2.75, 3.05) is 5.73 Å². The monoisotopic (exact) mass is 227 g/mol. The number of esters is 1. The number of carbonyl (C=O) groups excluding carboxylic acids is 1. The highest BCUT2D eigenvalue weighted by molar-refractivity contribution is 5.78. The van der Waals surface area contributed by atoms with Gasteiger partial charge in [-0.3, -0.25) is 4.79 Å². The molecule has 0 spiro atoms. The van der Waals surface area contributed by atoms with Crippen LogP contribution in [-0.4, -0.2) is 5.97 Å². The summed E-state index contributed by atoms with van der Waals surface area (Å²) in [6, 6.07) is 14.9. The van der Waals surface area contributed by atoms with Gasteiger partial charge in [-0.15, -0.1) is 0 Å². The van der Waals surface area contributed by atoms with Crippen molar-refractivity contribution in [3.63, 3.8) is 0 Å². The quantitative estimate of drug-likeness (QED) is 0.487. The van der Waals surface area contributed by atoms with Crippen molar-refractivity contribution >= 4 is 11.7 Å². The molecular weight excluding hydrogens is 214 g/mol. The van der Waals surface area contributed by atoms with Crippen LogP contribution in [0.3, 0.4) is 0 Å². The van der Waals surface area contributed by atoms with Crippen LogP contribution in [0.5, 0.6) is 5.75 Å². The molecule has 0 radical (unpaired) electrons. The predicted molar refractivity (Wildman–Crippen MR) is 67.6 cm³/mol. The number of nitrogen functional groups attached to an aromatic ring is 1. The Morgan fingerprint density at radius 1 is 1.12 bits per heavy atom. The summed E-state index contributed by atoms with van der Waals surface area (Å²) in [5.41, 5.74) is 8.18. The molecular formula is C14H13NO2. The van der Waals surface area contributed by atoms with E-state index in [4.69, 9.17) is 10.5 Å². The summed E-state index contributed by atoms with van der Waals surface area (Å²) in [6.45, 7) is 1.38. The maximum absolute atomic E-state index is 11.0. The van der Waals surface area contributed by atoms with Gasteiger partial charge in [0, 0.05) is 18.2 Å². The van der Waals surface area contributed by atoms with Gasteiger partial charge >= 0.3 is 5.97 Å². The zero-order valence-corrected chi connectivity index (χ0v) is 9.51. The summed E-state index contributed by atoms with van der Waals surface area (Å²) in [5, 5.41) is 0. The van der Waals surface area contributed by atoms with Crippen molar-refractivity contribution in [3.8, 4) is 16.9 Å². The van der Waals surface area contributed by atoms with Crippen LogP contribution < -0.4 is 10.5 Å². The Labute approximate surface area is 99.8 Å². The van der Waals surface area contributed by atoms with Gasteiger partial charge in [0.2, 0.25) is 0 Å². The lowest BCUT2D eigenvalue weighted by Gasteiger charge is -2.09. The molecule has 0 aromatic heterocycles. The van der Waals surface area contributed by atoms with Crippen molar-refractivity contribution < 1.29 is 9.53 Å². The molecule has 0 bridgehead atoms. The van der Waals surface area contributed by atoms with Crippen LogP contribution >= 0.6 is 0 Å². The van der Waals surface area contributed by atoms with E-state index >= 15 is 0 Å². The second-order valence-corrected chi connectivity index (χ2v) is 3.72. The molecule has 0 saturated carbocycles. The summed E-state index contributed by atoms with van der Waals surface area (Å²) in [7, 11) is 0. The van der Waals surface area contributed by atoms with Crippen molar-refractivity contribution in [1.29, 1.82) is 0 Å². The predicted octanol–water partition coefficient (Wildman–Crippen LogP) is 2.86. The molecule has 2 aromatic rings. The van der Waals surface area contributed by atoms with E-state index in [9.17, 15) is 4.79 Å². The minimum atomic E-state index is -0.341. The fourth-order valence-corrected chi connectivity index (χ4v) is 1.63. The second kappa shape index (κ2) is 4.70. The Hall–Kier alpha value is -2.29. The van der Waals surface area contributed by atoms with E-state index in [0.717, 1.165) is 11.1 Å². The van der Waals surface area contributed by atoms with Crippen LogP contribution in [0.25, 0.3) is 11.1 Å². The fourth-order valence-electron chi connectivity index (χ4n) is 1.63. The molecule has 0 amide bonds. The zero-order valence-electron chi connectivity index (χ0n) is 9.51. The number of hydrogen-bond donors (Lipinski definition) is 1. The molecule has 2 N–H and O–H groups in total. The number of carbonyl (C=O) groups is 1. The van der Waals surface area contributed by atoms with Gasteiger partial charge in [0.15, 0.2) is 0 Å². The summed E-state index contributed by atoms with van der Waals surface area (Å²) in [6.07, 6.45) is 0. The zero-order chi connectivity index (χ0) is 12.3. The summed E-state index contributed by atoms with van der Waals surface area (Å²) < 4.78 is 5.16. The van der Waals surface area contributed by atoms with Crippen molar-refractivity contribution in [3.05, 3.63) is 48.5 Å². The lowest BCUT2D eigenvalue weighted by molar-refractivity contribution is -0.131. The topological polar surface area (TPSA) is 52.3 Å². The standard InChI is InChI=1S/C14H13NO2/c1-10(16)17-14-8-7-12(15)9-13(14)11-5-3-2-4-6-11/h2-9H,15H2,1H3. The van der Waals surface area contributed by atoms with Gasteiger partial charge in [-0.1, -0.05) is 30.3 Å². The molecule has 86 valence electrons. The van der Waals surface area contributed by atoms with Crippen LogP contribution in [0, 0.1) is 0 Å². The van der Waals surface area contributed by atoms with Gasteiger partial charge in [0.1, 0.15) is 5.75 Å². The van der Waals surface area contributed by atoms with Gasteiger partial charge in [-0.2, -0.15) is 0 Å². The maximum atomic E-state index is 11.0. The Morgan fingerprint density at radius 2 is 1.82 bits per heavy atom. The minimum absolute atomic E-state index is 0.341. The van der Waals surface area contributed by atoms with Crippen molar-refractivity contribution in [2.24, 2.45) is 0 Å². The molecule has 0 unspecified atom stereocenters. The number of ether oxygens (including phenoxy) is 1. The molecule has 0 atom stereocenters. The Bertz CT molecular complexity index is 535. The Balaban J connectivity index is 2.51. The Morgan fingerprint density at radius 3 is 2.47 bits per heavy atom. The third kappa shape index (κ3) is 2.64. The van der Waals surface area contributed by atoms with E-state index in [1.807, 2.05) is 30.3 Å². The van der Waals surface area contributed by atoms with E-state index in [-0.39, 0.29) is 5.97 Å². The molecule has 0 aliphatic rings. The normalized spacial score (nSPS) is 9.94. The van der Waals surface area contributed by atoms with Gasteiger partial charge in [-0.05, 0) is 23.8 Å². The van der Waals surface area contributed by atoms with E-state index in [0.29, 0.717) is 11.4 Å². The fraction of sp³-hybridized carbons (Fsp3) is 0.0714. The number of benzene rings is 2. The SMILES string of the molecule is CC(=O)Oc1ccc(N)cc1-c1ccccc1. The van der Waals surface area contributed by atoms with Gasteiger partial charge in [0.25, 0.3) is 0 Å². The molecule has 3 heteroatoms. The second-order valence-electron chi connectivity index (χ2n) is 3.72. The van der Waals surface area contributed by atoms with E-state index in [1.54, 1.807) is 18.2 Å². The highest BCUT2D eigenvalue weighted by Crippen LogP contribution is 2.31. The molecule has 0 aliphatic carbocycles. The molecule has 2 aromatic carbocycles. The molecule has 0 fully saturated rings. The van der Waals surface area contributed by atoms with E-state index in [1.165, 1.54) is 6.92 Å². The summed E-state index contributed by atoms with van der Waals surface area (Å²) >= 11 is 0. The largest absolute Gasteiger partial charge is 0.426 e. The van der Waals surface area contributed by atoms with E-state index < -0.39 is 0 Å². The maximum Gasteiger partial charge on any atom is 0.308 e. The molecule has 0 saturated heterocycles. The molecule has 3 nitrogen and oxygen atoms in total. The highest BCUT2D eigenvalue weighted by atomic mass is 16.5. The average Bonchev–Trinajstić information content (AvgIpc) is 2.32. The third-order valence-corrected chi connectivity index (χ3v) is 2.34. The van der Waals surface area contributed by atoms with E-state index in [2.05, 4.69) is 0 Å². The van der Waals surface area contributed by atoms with Gasteiger partial charge < -0.3 is 10.5 Å². The summed E-state index contributed by atoms with van der Waals surface area (Å²) in [5.74, 6) is 0.185. The first kappa shape index (κ1) is 11.2. The third-order valence-electron chi connectivity index (χ3n) is 2.34. The Kier molecular flexibility index (Phi) is 3.10. The first-order valence-corrected chi connectivity index (χ1v) is 5.30. The van der Waals surface area contributed by atoms with Crippen molar-refractivity contribution in [1.82, 2.24) is 0 Å². The number of anilines is 1. The van der Waals surface area contributed by atoms with Crippen LogP contribution in [0.2, 0.25) is 0 Å². The molecule has 0 aliphatic heterocycles. The molecule has 17 heavy (non-hydrogen) atoms. The van der Waals surface area contributed by atoms with Crippen LogP contribution in [0.1, 0.15) is 6.92 Å². The van der Waals surface area contributed by atoms with Crippen LogP contribution in [0.15, 0.2) is 48.5 Å². The first-order valence-electron chi connectivity index (χ1n) is 5.30. The lowest BCUT2D eigenvalue weighted by Crippen LogP contribution is -2.03. The van der Waals surface area contributed by atoms with Crippen LogP contribution in [-0.2, 0) is 4.79 Å².